The van der Waals surface area contributed by atoms with Crippen molar-refractivity contribution in [2.24, 2.45) is 0 Å². The summed E-state index contributed by atoms with van der Waals surface area (Å²) in [5.41, 5.74) is 0.375. The van der Waals surface area contributed by atoms with Crippen molar-refractivity contribution in [3.63, 3.8) is 0 Å². The van der Waals surface area contributed by atoms with Crippen LogP contribution in [0.2, 0.25) is 0 Å². The lowest BCUT2D eigenvalue weighted by atomic mass is 10.3. The molecule has 0 saturated heterocycles. The van der Waals surface area contributed by atoms with Gasteiger partial charge in [0.25, 0.3) is 0 Å². The summed E-state index contributed by atoms with van der Waals surface area (Å²) in [5, 5.41) is 17.2. The van der Waals surface area contributed by atoms with E-state index in [0.717, 1.165) is 4.47 Å². The first-order chi connectivity index (χ1) is 9.97. The van der Waals surface area contributed by atoms with E-state index >= 15 is 0 Å². The maximum absolute atomic E-state index is 11.8. The average Bonchev–Trinajstić information content (AvgIpc) is 2.80. The summed E-state index contributed by atoms with van der Waals surface area (Å²) in [6, 6.07) is 3.44. The fourth-order valence-electron chi connectivity index (χ4n) is 1.70. The van der Waals surface area contributed by atoms with Gasteiger partial charge in [-0.05, 0) is 35.0 Å². The Hall–Kier alpha value is -2.29. The van der Waals surface area contributed by atoms with Crippen molar-refractivity contribution >= 4 is 33.3 Å². The van der Waals surface area contributed by atoms with E-state index in [9.17, 15) is 14.9 Å². The number of hydrogen-bond donors (Lipinski definition) is 1. The number of halogens is 1. The molecule has 110 valence electrons. The number of nitro groups is 1. The normalized spacial score (nSPS) is 10.4. The summed E-state index contributed by atoms with van der Waals surface area (Å²) in [6.07, 6.45) is 2.91. The molecule has 0 aliphatic rings. The molecule has 1 N–H and O–H groups in total. The summed E-state index contributed by atoms with van der Waals surface area (Å²) < 4.78 is 2.26. The Balaban J connectivity index is 1.92. The van der Waals surface area contributed by atoms with Gasteiger partial charge in [0.15, 0.2) is 0 Å². The number of carbonyl (C=O) groups excluding carboxylic acids is 1. The minimum absolute atomic E-state index is 0.0509. The number of aromatic nitrogens is 3. The van der Waals surface area contributed by atoms with Crippen molar-refractivity contribution < 1.29 is 9.72 Å². The van der Waals surface area contributed by atoms with Gasteiger partial charge in [0.05, 0.1) is 11.5 Å². The van der Waals surface area contributed by atoms with Gasteiger partial charge >= 0.3 is 5.69 Å². The molecule has 1 amide bonds. The van der Waals surface area contributed by atoms with E-state index in [0.29, 0.717) is 11.5 Å². The van der Waals surface area contributed by atoms with E-state index in [2.05, 4.69) is 31.3 Å². The number of nitrogens with zero attached hydrogens (tertiary/aromatic N) is 4. The molecule has 0 radical (unpaired) electrons. The van der Waals surface area contributed by atoms with Crippen LogP contribution >= 0.6 is 15.9 Å². The Morgan fingerprint density at radius 3 is 2.81 bits per heavy atom. The molecule has 2 aromatic rings. The van der Waals surface area contributed by atoms with Crippen LogP contribution in [-0.2, 0) is 11.3 Å². The van der Waals surface area contributed by atoms with Crippen molar-refractivity contribution in [1.29, 1.82) is 0 Å². The summed E-state index contributed by atoms with van der Waals surface area (Å²) in [6.45, 7) is 1.86. The average molecular weight is 354 g/mol. The van der Waals surface area contributed by atoms with E-state index < -0.39 is 4.92 Å². The minimum Gasteiger partial charge on any atom is -0.311 e. The molecule has 2 heterocycles. The third-order valence-corrected chi connectivity index (χ3v) is 3.29. The molecule has 0 aliphatic heterocycles. The van der Waals surface area contributed by atoms with Crippen molar-refractivity contribution in [2.75, 3.05) is 5.32 Å². The summed E-state index contributed by atoms with van der Waals surface area (Å²) in [7, 11) is 0. The maximum Gasteiger partial charge on any atom is 0.309 e. The van der Waals surface area contributed by atoms with Crippen LogP contribution < -0.4 is 5.32 Å². The van der Waals surface area contributed by atoms with Gasteiger partial charge in [-0.15, -0.1) is 0 Å². The van der Waals surface area contributed by atoms with E-state index in [-0.39, 0.29) is 24.6 Å². The molecule has 0 bridgehead atoms. The van der Waals surface area contributed by atoms with Gasteiger partial charge in [0.2, 0.25) is 5.91 Å². The Labute approximate surface area is 128 Å². The molecule has 0 aliphatic carbocycles. The highest BCUT2D eigenvalue weighted by molar-refractivity contribution is 9.10. The van der Waals surface area contributed by atoms with Gasteiger partial charge in [-0.1, -0.05) is 0 Å². The number of rotatable bonds is 5. The molecule has 0 aromatic carbocycles. The fraction of sp³-hybridized carbons (Fsp3) is 0.250. The van der Waals surface area contributed by atoms with Crippen LogP contribution in [0.15, 0.2) is 29.0 Å². The number of nitrogens with one attached hydrogen (secondary N) is 1. The van der Waals surface area contributed by atoms with Crippen LogP contribution in [0, 0.1) is 17.0 Å². The Kier molecular flexibility index (Phi) is 4.63. The van der Waals surface area contributed by atoms with Gasteiger partial charge < -0.3 is 5.32 Å². The van der Waals surface area contributed by atoms with E-state index in [1.807, 2.05) is 0 Å². The molecule has 0 atom stereocenters. The topological polar surface area (TPSA) is 103 Å². The third kappa shape index (κ3) is 3.85. The lowest BCUT2D eigenvalue weighted by Gasteiger charge is -2.05. The molecule has 0 saturated carbocycles. The number of carbonyl (C=O) groups is 1. The second kappa shape index (κ2) is 6.44. The summed E-state index contributed by atoms with van der Waals surface area (Å²) >= 11 is 3.25. The van der Waals surface area contributed by atoms with Gasteiger partial charge in [0.1, 0.15) is 17.7 Å². The fourth-order valence-corrected chi connectivity index (χ4v) is 1.94. The lowest BCUT2D eigenvalue weighted by molar-refractivity contribution is -0.385. The highest BCUT2D eigenvalue weighted by Gasteiger charge is 2.16. The minimum atomic E-state index is -0.495. The lowest BCUT2D eigenvalue weighted by Crippen LogP contribution is -2.16. The first-order valence-corrected chi connectivity index (χ1v) is 6.85. The largest absolute Gasteiger partial charge is 0.311 e. The molecule has 8 nitrogen and oxygen atoms in total. The van der Waals surface area contributed by atoms with Gasteiger partial charge in [-0.3, -0.25) is 19.6 Å². The Morgan fingerprint density at radius 1 is 1.48 bits per heavy atom. The molecule has 0 unspecified atom stereocenters. The number of hydrogen-bond acceptors (Lipinski definition) is 5. The zero-order valence-corrected chi connectivity index (χ0v) is 12.7. The molecular formula is C12H12BrN5O3. The molecule has 2 aromatic heterocycles. The van der Waals surface area contributed by atoms with Crippen LogP contribution in [0.3, 0.4) is 0 Å². The van der Waals surface area contributed by atoms with Crippen molar-refractivity contribution in [1.82, 2.24) is 14.8 Å². The number of aryl methyl sites for hydroxylation is 1. The van der Waals surface area contributed by atoms with Crippen LogP contribution in [-0.4, -0.2) is 25.6 Å². The molecule has 9 heteroatoms. The first kappa shape index (κ1) is 15.1. The Bertz CT molecular complexity index is 668. The van der Waals surface area contributed by atoms with Crippen molar-refractivity contribution in [3.05, 3.63) is 44.8 Å². The SMILES string of the molecule is Cc1c([N+](=O)[O-])cnn1CCC(=O)Nc1ccc(Br)cn1. The quantitative estimate of drug-likeness (QED) is 0.655. The molecule has 0 fully saturated rings. The van der Waals surface area contributed by atoms with E-state index in [4.69, 9.17) is 0 Å². The second-order valence-electron chi connectivity index (χ2n) is 4.26. The van der Waals surface area contributed by atoms with Crippen LogP contribution in [0.25, 0.3) is 0 Å². The second-order valence-corrected chi connectivity index (χ2v) is 5.17. The van der Waals surface area contributed by atoms with Crippen LogP contribution in [0.4, 0.5) is 11.5 Å². The van der Waals surface area contributed by atoms with Crippen molar-refractivity contribution in [2.45, 2.75) is 19.9 Å². The summed E-state index contributed by atoms with van der Waals surface area (Å²) in [5.74, 6) is 0.216. The highest BCUT2D eigenvalue weighted by atomic mass is 79.9. The van der Waals surface area contributed by atoms with Gasteiger partial charge in [0, 0.05) is 17.1 Å². The molecule has 21 heavy (non-hydrogen) atoms. The smallest absolute Gasteiger partial charge is 0.309 e. The highest BCUT2D eigenvalue weighted by Crippen LogP contribution is 2.16. The maximum atomic E-state index is 11.8. The number of anilines is 1. The standard InChI is InChI=1S/C12H12BrN5O3/c1-8-10(18(20)21)7-15-17(8)5-4-12(19)16-11-3-2-9(13)6-14-11/h2-3,6-7H,4-5H2,1H3,(H,14,16,19). The molecule has 0 spiro atoms. The monoisotopic (exact) mass is 353 g/mol. The molecule has 2 rings (SSSR count). The summed E-state index contributed by atoms with van der Waals surface area (Å²) in [4.78, 5) is 26.0. The first-order valence-electron chi connectivity index (χ1n) is 6.05. The van der Waals surface area contributed by atoms with E-state index in [1.54, 1.807) is 25.3 Å². The van der Waals surface area contributed by atoms with Crippen LogP contribution in [0.5, 0.6) is 0 Å². The van der Waals surface area contributed by atoms with Gasteiger partial charge in [-0.2, -0.15) is 5.10 Å². The zero-order valence-electron chi connectivity index (χ0n) is 11.1. The van der Waals surface area contributed by atoms with E-state index in [1.165, 1.54) is 10.9 Å². The Morgan fingerprint density at radius 2 is 2.24 bits per heavy atom. The van der Waals surface area contributed by atoms with Crippen LogP contribution in [0.1, 0.15) is 12.1 Å². The predicted octanol–water partition coefficient (Wildman–Crippen LogP) is 2.29. The predicted molar refractivity (Wildman–Crippen MR) is 78.8 cm³/mol. The van der Waals surface area contributed by atoms with Gasteiger partial charge in [-0.25, -0.2) is 4.98 Å². The van der Waals surface area contributed by atoms with Crippen molar-refractivity contribution in [3.8, 4) is 0 Å². The number of amides is 1. The third-order valence-electron chi connectivity index (χ3n) is 2.82. The number of pyridine rings is 1. The zero-order chi connectivity index (χ0) is 15.4. The molecular weight excluding hydrogens is 342 g/mol.